The first kappa shape index (κ1) is 17.6. The maximum absolute atomic E-state index is 12.0. The van der Waals surface area contributed by atoms with Crippen molar-refractivity contribution in [3.05, 3.63) is 28.2 Å². The highest BCUT2D eigenvalue weighted by molar-refractivity contribution is 6.35. The van der Waals surface area contributed by atoms with Crippen molar-refractivity contribution in [1.82, 2.24) is 5.32 Å². The zero-order valence-electron chi connectivity index (χ0n) is 11.9. The van der Waals surface area contributed by atoms with Crippen LogP contribution >= 0.6 is 23.2 Å². The first-order valence-corrected chi connectivity index (χ1v) is 7.12. The van der Waals surface area contributed by atoms with Gasteiger partial charge in [-0.25, -0.2) is 4.79 Å². The highest BCUT2D eigenvalue weighted by Crippen LogP contribution is 2.28. The molecule has 0 aliphatic carbocycles. The number of carboxylic acids is 1. The van der Waals surface area contributed by atoms with Crippen molar-refractivity contribution in [1.29, 1.82) is 0 Å². The lowest BCUT2D eigenvalue weighted by atomic mass is 9.99. The van der Waals surface area contributed by atoms with Gasteiger partial charge in [-0.1, -0.05) is 30.1 Å². The summed E-state index contributed by atoms with van der Waals surface area (Å²) in [5, 5.41) is 12.3. The summed E-state index contributed by atoms with van der Waals surface area (Å²) in [6.45, 7) is 4.63. The van der Waals surface area contributed by atoms with E-state index in [1.807, 2.05) is 0 Å². The second-order valence-corrected chi connectivity index (χ2v) is 5.66. The minimum atomic E-state index is -1.33. The van der Waals surface area contributed by atoms with Gasteiger partial charge >= 0.3 is 5.97 Å². The maximum Gasteiger partial charge on any atom is 0.329 e. The van der Waals surface area contributed by atoms with Gasteiger partial charge in [-0.05, 0) is 38.5 Å². The number of hydrogen-bond donors (Lipinski definition) is 2. The van der Waals surface area contributed by atoms with E-state index in [0.29, 0.717) is 10.8 Å². The van der Waals surface area contributed by atoms with Crippen LogP contribution in [0.15, 0.2) is 18.2 Å². The Labute approximate surface area is 133 Å². The van der Waals surface area contributed by atoms with Gasteiger partial charge in [-0.15, -0.1) is 0 Å². The summed E-state index contributed by atoms with van der Waals surface area (Å²) >= 11 is 11.7. The van der Waals surface area contributed by atoms with Gasteiger partial charge in [0.15, 0.2) is 6.10 Å². The second-order valence-electron chi connectivity index (χ2n) is 4.81. The Bertz CT molecular complexity index is 550. The largest absolute Gasteiger partial charge is 0.480 e. The van der Waals surface area contributed by atoms with Gasteiger partial charge in [0, 0.05) is 5.02 Å². The van der Waals surface area contributed by atoms with Gasteiger partial charge in [-0.2, -0.15) is 0 Å². The highest BCUT2D eigenvalue weighted by Gasteiger charge is 2.34. The van der Waals surface area contributed by atoms with Gasteiger partial charge in [0.2, 0.25) is 0 Å². The fourth-order valence-corrected chi connectivity index (χ4v) is 1.93. The number of rotatable bonds is 6. The summed E-state index contributed by atoms with van der Waals surface area (Å²) < 4.78 is 5.44. The van der Waals surface area contributed by atoms with Gasteiger partial charge < -0.3 is 15.2 Å². The molecule has 5 nitrogen and oxygen atoms in total. The van der Waals surface area contributed by atoms with Crippen molar-refractivity contribution in [3.8, 4) is 5.75 Å². The number of amides is 1. The first-order valence-electron chi connectivity index (χ1n) is 6.36. The minimum Gasteiger partial charge on any atom is -0.480 e. The van der Waals surface area contributed by atoms with Crippen LogP contribution in [0.3, 0.4) is 0 Å². The van der Waals surface area contributed by atoms with Crippen molar-refractivity contribution < 1.29 is 19.4 Å². The number of nitrogens with one attached hydrogen (secondary N) is 1. The lowest BCUT2D eigenvalue weighted by Crippen LogP contribution is -2.54. The van der Waals surface area contributed by atoms with Crippen molar-refractivity contribution in [3.63, 3.8) is 0 Å². The number of aliphatic carboxylic acids is 1. The number of carboxylic acid groups (broad SMARTS) is 1. The topological polar surface area (TPSA) is 75.6 Å². The molecule has 0 saturated heterocycles. The summed E-state index contributed by atoms with van der Waals surface area (Å²) in [7, 11) is 0. The third-order valence-electron chi connectivity index (χ3n) is 3.15. The summed E-state index contributed by atoms with van der Waals surface area (Å²) in [5.74, 6) is -1.33. The van der Waals surface area contributed by atoms with E-state index in [4.69, 9.17) is 33.0 Å². The SMILES string of the molecule is CCC(C)(NC(=O)C(C)Oc1ccc(Cl)cc1Cl)C(=O)O. The molecular formula is C14H17Cl2NO4. The Morgan fingerprint density at radius 1 is 1.43 bits per heavy atom. The van der Waals surface area contributed by atoms with Crippen LogP contribution in [0.5, 0.6) is 5.75 Å². The van der Waals surface area contributed by atoms with Gasteiger partial charge in [0.25, 0.3) is 5.91 Å². The molecule has 1 amide bonds. The Morgan fingerprint density at radius 3 is 2.52 bits per heavy atom. The first-order chi connectivity index (χ1) is 9.69. The Hall–Kier alpha value is -1.46. The quantitative estimate of drug-likeness (QED) is 0.838. The van der Waals surface area contributed by atoms with Gasteiger partial charge in [0.1, 0.15) is 11.3 Å². The molecule has 0 aromatic heterocycles. The Balaban J connectivity index is 2.77. The summed E-state index contributed by atoms with van der Waals surface area (Å²) in [6, 6.07) is 4.63. The summed E-state index contributed by atoms with van der Waals surface area (Å²) in [5.41, 5.74) is -1.33. The molecule has 2 atom stereocenters. The number of hydrogen-bond acceptors (Lipinski definition) is 3. The van der Waals surface area contributed by atoms with E-state index in [-0.39, 0.29) is 11.4 Å². The molecule has 1 rings (SSSR count). The van der Waals surface area contributed by atoms with E-state index in [9.17, 15) is 9.59 Å². The lowest BCUT2D eigenvalue weighted by molar-refractivity contribution is -0.148. The molecule has 0 aliphatic heterocycles. The van der Waals surface area contributed by atoms with Crippen LogP contribution in [0.4, 0.5) is 0 Å². The molecule has 2 unspecified atom stereocenters. The molecule has 0 saturated carbocycles. The van der Waals surface area contributed by atoms with Crippen LogP contribution in [0.2, 0.25) is 10.0 Å². The van der Waals surface area contributed by atoms with E-state index in [2.05, 4.69) is 5.32 Å². The molecule has 0 spiro atoms. The monoisotopic (exact) mass is 333 g/mol. The number of carbonyl (C=O) groups excluding carboxylic acids is 1. The van der Waals surface area contributed by atoms with E-state index < -0.39 is 23.5 Å². The van der Waals surface area contributed by atoms with Gasteiger partial charge in [-0.3, -0.25) is 4.79 Å². The number of ether oxygens (including phenoxy) is 1. The van der Waals surface area contributed by atoms with Crippen LogP contribution in [-0.4, -0.2) is 28.6 Å². The molecular weight excluding hydrogens is 317 g/mol. The van der Waals surface area contributed by atoms with Crippen molar-refractivity contribution >= 4 is 35.1 Å². The molecule has 116 valence electrons. The van der Waals surface area contributed by atoms with Crippen molar-refractivity contribution in [2.75, 3.05) is 0 Å². The molecule has 1 aromatic carbocycles. The molecule has 0 bridgehead atoms. The average molecular weight is 334 g/mol. The smallest absolute Gasteiger partial charge is 0.329 e. The fraction of sp³-hybridized carbons (Fsp3) is 0.429. The zero-order chi connectivity index (χ0) is 16.2. The molecule has 0 radical (unpaired) electrons. The predicted molar refractivity (Wildman–Crippen MR) is 81.0 cm³/mol. The second kappa shape index (κ2) is 7.00. The molecule has 0 fully saturated rings. The van der Waals surface area contributed by atoms with E-state index in [1.54, 1.807) is 19.1 Å². The van der Waals surface area contributed by atoms with Gasteiger partial charge in [0.05, 0.1) is 5.02 Å². The van der Waals surface area contributed by atoms with E-state index in [0.717, 1.165) is 0 Å². The third kappa shape index (κ3) is 4.51. The van der Waals surface area contributed by atoms with Crippen LogP contribution < -0.4 is 10.1 Å². The van der Waals surface area contributed by atoms with Crippen LogP contribution in [-0.2, 0) is 9.59 Å². The van der Waals surface area contributed by atoms with Crippen molar-refractivity contribution in [2.24, 2.45) is 0 Å². The van der Waals surface area contributed by atoms with Crippen molar-refractivity contribution in [2.45, 2.75) is 38.8 Å². The minimum absolute atomic E-state index is 0.252. The summed E-state index contributed by atoms with van der Waals surface area (Å²) in [4.78, 5) is 23.2. The molecule has 0 heterocycles. The molecule has 0 aliphatic rings. The van der Waals surface area contributed by atoms with E-state index in [1.165, 1.54) is 19.9 Å². The normalized spacial score (nSPS) is 14.9. The Morgan fingerprint density at radius 2 is 2.05 bits per heavy atom. The molecule has 7 heteroatoms. The lowest BCUT2D eigenvalue weighted by Gasteiger charge is -2.26. The number of halogens is 2. The van der Waals surface area contributed by atoms with E-state index >= 15 is 0 Å². The molecule has 2 N–H and O–H groups in total. The van der Waals surface area contributed by atoms with Crippen LogP contribution in [0.25, 0.3) is 0 Å². The standard InChI is InChI=1S/C14H17Cl2NO4/c1-4-14(3,13(19)20)17-12(18)8(2)21-11-6-5-9(15)7-10(11)16/h5-8H,4H2,1-3H3,(H,17,18)(H,19,20). The summed E-state index contributed by atoms with van der Waals surface area (Å²) in [6.07, 6.45) is -0.642. The predicted octanol–water partition coefficient (Wildman–Crippen LogP) is 3.13. The average Bonchev–Trinajstić information content (AvgIpc) is 2.41. The number of benzene rings is 1. The maximum atomic E-state index is 12.0. The van der Waals surface area contributed by atoms with Crippen LogP contribution in [0.1, 0.15) is 27.2 Å². The number of carbonyl (C=O) groups is 2. The fourth-order valence-electron chi connectivity index (χ4n) is 1.48. The third-order valence-corrected chi connectivity index (χ3v) is 3.68. The zero-order valence-corrected chi connectivity index (χ0v) is 13.5. The highest BCUT2D eigenvalue weighted by atomic mass is 35.5. The van der Waals surface area contributed by atoms with Crippen LogP contribution in [0, 0.1) is 0 Å². The Kier molecular flexibility index (Phi) is 5.87. The molecule has 1 aromatic rings. The molecule has 21 heavy (non-hydrogen) atoms.